The molecule has 0 spiro atoms. The first kappa shape index (κ1) is 14.6. The number of piperidine rings is 1. The van der Waals surface area contributed by atoms with Crippen molar-refractivity contribution in [2.45, 2.75) is 50.7 Å². The van der Waals surface area contributed by atoms with Gasteiger partial charge in [-0.2, -0.15) is 0 Å². The fourth-order valence-corrected chi connectivity index (χ4v) is 4.25. The number of hydrogen-bond acceptors (Lipinski definition) is 3. The van der Waals surface area contributed by atoms with Crippen molar-refractivity contribution in [2.75, 3.05) is 13.6 Å². The molecule has 1 heterocycles. The smallest absolute Gasteiger partial charge is 0.306 e. The van der Waals surface area contributed by atoms with Crippen molar-refractivity contribution in [1.29, 1.82) is 0 Å². The summed E-state index contributed by atoms with van der Waals surface area (Å²) in [6.45, 7) is 2.87. The third kappa shape index (κ3) is 2.48. The van der Waals surface area contributed by atoms with Gasteiger partial charge in [0, 0.05) is 31.3 Å². The second-order valence-corrected chi connectivity index (χ2v) is 6.42. The number of fused-ring (bicyclic) bond motifs is 1. The van der Waals surface area contributed by atoms with Gasteiger partial charge in [0.25, 0.3) is 0 Å². The Bertz CT molecular complexity index is 501. The van der Waals surface area contributed by atoms with E-state index in [1.165, 1.54) is 18.4 Å². The number of carbonyl (C=O) groups excluding carboxylic acids is 1. The van der Waals surface area contributed by atoms with Crippen molar-refractivity contribution in [3.05, 3.63) is 35.9 Å². The highest BCUT2D eigenvalue weighted by Crippen LogP contribution is 2.50. The molecule has 0 amide bonds. The summed E-state index contributed by atoms with van der Waals surface area (Å²) in [5, 5.41) is 0. The van der Waals surface area contributed by atoms with E-state index in [1.807, 2.05) is 13.0 Å². The summed E-state index contributed by atoms with van der Waals surface area (Å²) >= 11 is 0. The van der Waals surface area contributed by atoms with Gasteiger partial charge in [-0.1, -0.05) is 43.7 Å². The van der Waals surface area contributed by atoms with Gasteiger partial charge in [-0.05, 0) is 25.5 Å². The van der Waals surface area contributed by atoms with Gasteiger partial charge in [0.05, 0.1) is 0 Å². The molecule has 0 bridgehead atoms. The molecule has 1 aliphatic carbocycles. The fraction of sp³-hybridized carbons (Fsp3) is 0.611. The summed E-state index contributed by atoms with van der Waals surface area (Å²) in [6.07, 6.45) is 4.96. The lowest BCUT2D eigenvalue weighted by molar-refractivity contribution is -0.179. The van der Waals surface area contributed by atoms with Crippen molar-refractivity contribution in [2.24, 2.45) is 5.92 Å². The van der Waals surface area contributed by atoms with E-state index in [1.54, 1.807) is 0 Å². The molecule has 3 heteroatoms. The van der Waals surface area contributed by atoms with Crippen LogP contribution in [-0.4, -0.2) is 30.5 Å². The zero-order valence-corrected chi connectivity index (χ0v) is 13.0. The van der Waals surface area contributed by atoms with E-state index in [-0.39, 0.29) is 5.97 Å². The second kappa shape index (κ2) is 5.80. The molecule has 2 fully saturated rings. The first-order chi connectivity index (χ1) is 10.2. The van der Waals surface area contributed by atoms with Gasteiger partial charge in [0.15, 0.2) is 0 Å². The van der Waals surface area contributed by atoms with Gasteiger partial charge in [-0.25, -0.2) is 0 Å². The summed E-state index contributed by atoms with van der Waals surface area (Å²) in [7, 11) is 2.21. The van der Waals surface area contributed by atoms with E-state index < -0.39 is 5.60 Å². The van der Waals surface area contributed by atoms with Crippen LogP contribution in [0.5, 0.6) is 0 Å². The minimum atomic E-state index is -0.415. The molecule has 1 aliphatic heterocycles. The van der Waals surface area contributed by atoms with Crippen molar-refractivity contribution >= 4 is 5.97 Å². The van der Waals surface area contributed by atoms with Gasteiger partial charge in [-0.15, -0.1) is 0 Å². The molecule has 1 aromatic carbocycles. The van der Waals surface area contributed by atoms with E-state index in [0.717, 1.165) is 19.4 Å². The zero-order chi connectivity index (χ0) is 14.9. The number of benzene rings is 1. The third-order valence-corrected chi connectivity index (χ3v) is 5.33. The molecule has 1 saturated carbocycles. The molecule has 1 aromatic rings. The van der Waals surface area contributed by atoms with Crippen LogP contribution >= 0.6 is 0 Å². The highest BCUT2D eigenvalue weighted by Gasteiger charge is 2.52. The Labute approximate surface area is 127 Å². The van der Waals surface area contributed by atoms with Crippen LogP contribution in [0, 0.1) is 5.92 Å². The van der Waals surface area contributed by atoms with Crippen LogP contribution in [0.3, 0.4) is 0 Å². The van der Waals surface area contributed by atoms with Gasteiger partial charge < -0.3 is 9.64 Å². The normalized spacial score (nSPS) is 32.7. The monoisotopic (exact) mass is 287 g/mol. The number of rotatable bonds is 3. The molecule has 0 unspecified atom stereocenters. The molecular weight excluding hydrogens is 262 g/mol. The second-order valence-electron chi connectivity index (χ2n) is 6.42. The van der Waals surface area contributed by atoms with Crippen LogP contribution in [0.4, 0.5) is 0 Å². The lowest BCUT2D eigenvalue weighted by Crippen LogP contribution is -2.54. The van der Waals surface area contributed by atoms with Crippen LogP contribution < -0.4 is 0 Å². The first-order valence-corrected chi connectivity index (χ1v) is 8.15. The van der Waals surface area contributed by atoms with E-state index in [2.05, 4.69) is 36.2 Å². The largest absolute Gasteiger partial charge is 0.454 e. The Hall–Kier alpha value is -1.35. The Kier molecular flexibility index (Phi) is 4.03. The van der Waals surface area contributed by atoms with Crippen LogP contribution in [0.15, 0.2) is 30.3 Å². The Morgan fingerprint density at radius 3 is 2.81 bits per heavy atom. The molecule has 3 rings (SSSR count). The number of esters is 1. The first-order valence-electron chi connectivity index (χ1n) is 8.15. The Morgan fingerprint density at radius 1 is 1.33 bits per heavy atom. The molecule has 3 nitrogen and oxygen atoms in total. The van der Waals surface area contributed by atoms with Crippen LogP contribution in [0.1, 0.15) is 44.6 Å². The number of nitrogens with zero attached hydrogens (tertiary/aromatic N) is 1. The Balaban J connectivity index is 2.02. The Morgan fingerprint density at radius 2 is 2.10 bits per heavy atom. The van der Waals surface area contributed by atoms with Gasteiger partial charge in [0.2, 0.25) is 0 Å². The predicted octanol–water partition coefficient (Wildman–Crippen LogP) is 3.34. The average Bonchev–Trinajstić information content (AvgIpc) is 3.02. The van der Waals surface area contributed by atoms with Crippen LogP contribution in [-0.2, 0) is 15.1 Å². The molecule has 3 atom stereocenters. The summed E-state index contributed by atoms with van der Waals surface area (Å²) in [5.41, 5.74) is 0.763. The minimum absolute atomic E-state index is 0.0749. The predicted molar refractivity (Wildman–Crippen MR) is 82.9 cm³/mol. The third-order valence-electron chi connectivity index (χ3n) is 5.33. The van der Waals surface area contributed by atoms with Gasteiger partial charge in [-0.3, -0.25) is 4.79 Å². The lowest BCUT2D eigenvalue weighted by Gasteiger charge is -2.49. The average molecular weight is 287 g/mol. The maximum absolute atomic E-state index is 12.1. The van der Waals surface area contributed by atoms with E-state index >= 15 is 0 Å². The highest BCUT2D eigenvalue weighted by atomic mass is 16.6. The molecule has 0 N–H and O–H groups in total. The molecular formula is C18H25NO2. The number of hydrogen-bond donors (Lipinski definition) is 0. The van der Waals surface area contributed by atoms with Crippen molar-refractivity contribution in [3.63, 3.8) is 0 Å². The summed E-state index contributed by atoms with van der Waals surface area (Å²) in [4.78, 5) is 14.5. The zero-order valence-electron chi connectivity index (χ0n) is 13.0. The minimum Gasteiger partial charge on any atom is -0.454 e. The van der Waals surface area contributed by atoms with E-state index in [4.69, 9.17) is 4.74 Å². The molecule has 114 valence electrons. The SMILES string of the molecule is CCC(=O)O[C@@]1(c2ccccc2)CCN(C)[C@@H]2CCC[C@@H]21. The fourth-order valence-electron chi connectivity index (χ4n) is 4.25. The molecule has 21 heavy (non-hydrogen) atoms. The molecule has 0 radical (unpaired) electrons. The van der Waals surface area contributed by atoms with Crippen LogP contribution in [0.2, 0.25) is 0 Å². The summed E-state index contributed by atoms with van der Waals surface area (Å²) < 4.78 is 6.11. The van der Waals surface area contributed by atoms with Crippen LogP contribution in [0.25, 0.3) is 0 Å². The summed E-state index contributed by atoms with van der Waals surface area (Å²) in [5.74, 6) is 0.350. The quantitative estimate of drug-likeness (QED) is 0.799. The van der Waals surface area contributed by atoms with E-state index in [9.17, 15) is 4.79 Å². The molecule has 1 saturated heterocycles. The topological polar surface area (TPSA) is 29.5 Å². The molecule has 0 aromatic heterocycles. The van der Waals surface area contributed by atoms with E-state index in [0.29, 0.717) is 18.4 Å². The number of carbonyl (C=O) groups is 1. The van der Waals surface area contributed by atoms with Gasteiger partial charge in [0.1, 0.15) is 5.60 Å². The van der Waals surface area contributed by atoms with Crippen molar-refractivity contribution in [1.82, 2.24) is 4.90 Å². The maximum atomic E-state index is 12.1. The number of ether oxygens (including phenoxy) is 1. The summed E-state index contributed by atoms with van der Waals surface area (Å²) in [6, 6.07) is 10.9. The maximum Gasteiger partial charge on any atom is 0.306 e. The highest BCUT2D eigenvalue weighted by molar-refractivity contribution is 5.69. The number of likely N-dealkylation sites (tertiary alicyclic amines) is 1. The molecule has 2 aliphatic rings. The van der Waals surface area contributed by atoms with Crippen molar-refractivity contribution in [3.8, 4) is 0 Å². The standard InChI is InChI=1S/C18H25NO2/c1-3-17(20)21-18(14-8-5-4-6-9-14)12-13-19(2)16-11-7-10-15(16)18/h4-6,8-9,15-16H,3,7,10-13H2,1-2H3/t15-,16+,18+/m0/s1. The van der Waals surface area contributed by atoms with Crippen molar-refractivity contribution < 1.29 is 9.53 Å². The van der Waals surface area contributed by atoms with Gasteiger partial charge >= 0.3 is 5.97 Å². The lowest BCUT2D eigenvalue weighted by atomic mass is 9.73.